The van der Waals surface area contributed by atoms with Crippen LogP contribution in [0.5, 0.6) is 0 Å². The van der Waals surface area contributed by atoms with Crippen molar-refractivity contribution in [3.8, 4) is 6.07 Å². The predicted octanol–water partition coefficient (Wildman–Crippen LogP) is 1.45. The Hall–Kier alpha value is -1.40. The Balaban J connectivity index is 2.81. The van der Waals surface area contributed by atoms with Gasteiger partial charge in [-0.05, 0) is 25.0 Å². The van der Waals surface area contributed by atoms with E-state index in [1.54, 1.807) is 13.2 Å². The number of pyridine rings is 1. The molecule has 0 atom stereocenters. The lowest BCUT2D eigenvalue weighted by Gasteiger charge is -2.03. The lowest BCUT2D eigenvalue weighted by Crippen LogP contribution is -1.99. The van der Waals surface area contributed by atoms with Crippen molar-refractivity contribution < 1.29 is 4.74 Å². The Labute approximate surface area is 78.0 Å². The van der Waals surface area contributed by atoms with Gasteiger partial charge in [-0.2, -0.15) is 5.26 Å². The highest BCUT2D eigenvalue weighted by molar-refractivity contribution is 5.28. The summed E-state index contributed by atoms with van der Waals surface area (Å²) in [5.41, 5.74) is 2.52. The molecule has 3 heteroatoms. The zero-order chi connectivity index (χ0) is 9.68. The van der Waals surface area contributed by atoms with Crippen LogP contribution in [-0.4, -0.2) is 18.7 Å². The van der Waals surface area contributed by atoms with E-state index in [0.717, 1.165) is 17.7 Å². The van der Waals surface area contributed by atoms with E-state index < -0.39 is 0 Å². The molecule has 0 saturated carbocycles. The Morgan fingerprint density at radius 3 is 2.85 bits per heavy atom. The summed E-state index contributed by atoms with van der Waals surface area (Å²) < 4.78 is 4.96. The summed E-state index contributed by atoms with van der Waals surface area (Å²) in [5, 5.41) is 8.59. The SMILES string of the molecule is COCCc1ccc(C#N)nc1C. The number of nitrogens with zero attached hydrogens (tertiary/aromatic N) is 2. The lowest BCUT2D eigenvalue weighted by atomic mass is 10.1. The highest BCUT2D eigenvalue weighted by atomic mass is 16.5. The molecule has 0 aliphatic carbocycles. The van der Waals surface area contributed by atoms with E-state index in [2.05, 4.69) is 4.98 Å². The van der Waals surface area contributed by atoms with Crippen molar-refractivity contribution in [3.63, 3.8) is 0 Å². The average molecular weight is 176 g/mol. The normalized spacial score (nSPS) is 9.62. The van der Waals surface area contributed by atoms with Crippen LogP contribution in [0.15, 0.2) is 12.1 Å². The number of methoxy groups -OCH3 is 1. The van der Waals surface area contributed by atoms with Gasteiger partial charge in [-0.25, -0.2) is 4.98 Å². The fourth-order valence-corrected chi connectivity index (χ4v) is 1.13. The van der Waals surface area contributed by atoms with Gasteiger partial charge in [-0.3, -0.25) is 0 Å². The van der Waals surface area contributed by atoms with Gasteiger partial charge < -0.3 is 4.74 Å². The first-order valence-electron chi connectivity index (χ1n) is 4.13. The maximum absolute atomic E-state index is 8.59. The van der Waals surface area contributed by atoms with Crippen molar-refractivity contribution in [2.75, 3.05) is 13.7 Å². The number of aryl methyl sites for hydroxylation is 1. The Morgan fingerprint density at radius 1 is 1.54 bits per heavy atom. The minimum Gasteiger partial charge on any atom is -0.384 e. The van der Waals surface area contributed by atoms with Gasteiger partial charge in [0.25, 0.3) is 0 Å². The third kappa shape index (κ3) is 2.53. The van der Waals surface area contributed by atoms with Crippen LogP contribution in [-0.2, 0) is 11.2 Å². The van der Waals surface area contributed by atoms with E-state index >= 15 is 0 Å². The minimum absolute atomic E-state index is 0.471. The Morgan fingerprint density at radius 2 is 2.31 bits per heavy atom. The van der Waals surface area contributed by atoms with Gasteiger partial charge in [0, 0.05) is 12.8 Å². The number of aromatic nitrogens is 1. The molecular weight excluding hydrogens is 164 g/mol. The minimum atomic E-state index is 0.471. The van der Waals surface area contributed by atoms with Gasteiger partial charge >= 0.3 is 0 Å². The van der Waals surface area contributed by atoms with E-state index in [0.29, 0.717) is 12.3 Å². The molecule has 0 saturated heterocycles. The van der Waals surface area contributed by atoms with Gasteiger partial charge in [0.2, 0.25) is 0 Å². The molecule has 0 amide bonds. The number of nitriles is 1. The fourth-order valence-electron chi connectivity index (χ4n) is 1.13. The summed E-state index contributed by atoms with van der Waals surface area (Å²) in [5.74, 6) is 0. The van der Waals surface area contributed by atoms with Gasteiger partial charge in [0.1, 0.15) is 11.8 Å². The molecule has 0 unspecified atom stereocenters. The second kappa shape index (κ2) is 4.58. The van der Waals surface area contributed by atoms with Gasteiger partial charge in [-0.1, -0.05) is 6.07 Å². The molecule has 3 nitrogen and oxygen atoms in total. The maximum atomic E-state index is 8.59. The summed E-state index contributed by atoms with van der Waals surface area (Å²) in [6, 6.07) is 5.67. The van der Waals surface area contributed by atoms with Crippen LogP contribution < -0.4 is 0 Å². The van der Waals surface area contributed by atoms with Crippen molar-refractivity contribution >= 4 is 0 Å². The van der Waals surface area contributed by atoms with Crippen LogP contribution in [0.4, 0.5) is 0 Å². The summed E-state index contributed by atoms with van der Waals surface area (Å²) in [6.45, 7) is 2.60. The van der Waals surface area contributed by atoms with Crippen LogP contribution in [0.25, 0.3) is 0 Å². The van der Waals surface area contributed by atoms with Gasteiger partial charge in [0.05, 0.1) is 6.61 Å². The monoisotopic (exact) mass is 176 g/mol. The zero-order valence-corrected chi connectivity index (χ0v) is 7.87. The van der Waals surface area contributed by atoms with Crippen LogP contribution in [0.2, 0.25) is 0 Å². The van der Waals surface area contributed by atoms with E-state index in [9.17, 15) is 0 Å². The summed E-state index contributed by atoms with van der Waals surface area (Å²) in [7, 11) is 1.67. The number of hydrogen-bond acceptors (Lipinski definition) is 3. The molecular formula is C10H12N2O. The quantitative estimate of drug-likeness (QED) is 0.700. The molecule has 1 aromatic rings. The second-order valence-corrected chi connectivity index (χ2v) is 2.80. The highest BCUT2D eigenvalue weighted by Gasteiger charge is 2.00. The standard InChI is InChI=1S/C10H12N2O/c1-8-9(5-6-13-2)3-4-10(7-11)12-8/h3-4H,5-6H2,1-2H3. The molecule has 13 heavy (non-hydrogen) atoms. The molecule has 0 aromatic carbocycles. The molecule has 0 spiro atoms. The van der Waals surface area contributed by atoms with Crippen molar-refractivity contribution in [2.45, 2.75) is 13.3 Å². The third-order valence-electron chi connectivity index (χ3n) is 1.89. The van der Waals surface area contributed by atoms with Crippen LogP contribution in [0.1, 0.15) is 17.0 Å². The largest absolute Gasteiger partial charge is 0.384 e. The maximum Gasteiger partial charge on any atom is 0.140 e. The molecule has 0 N–H and O–H groups in total. The average Bonchev–Trinajstić information content (AvgIpc) is 2.16. The molecule has 0 fully saturated rings. The first kappa shape index (κ1) is 9.69. The molecule has 0 bridgehead atoms. The van der Waals surface area contributed by atoms with E-state index in [1.807, 2.05) is 19.1 Å². The van der Waals surface area contributed by atoms with Crippen LogP contribution in [0.3, 0.4) is 0 Å². The molecule has 68 valence electrons. The topological polar surface area (TPSA) is 45.9 Å². The molecule has 1 heterocycles. The molecule has 1 rings (SSSR count). The van der Waals surface area contributed by atoms with Crippen molar-refractivity contribution in [1.29, 1.82) is 5.26 Å². The Bertz CT molecular complexity index is 328. The van der Waals surface area contributed by atoms with E-state index in [-0.39, 0.29) is 0 Å². The van der Waals surface area contributed by atoms with Crippen LogP contribution >= 0.6 is 0 Å². The first-order chi connectivity index (χ1) is 6.27. The van der Waals surface area contributed by atoms with Crippen molar-refractivity contribution in [2.24, 2.45) is 0 Å². The zero-order valence-electron chi connectivity index (χ0n) is 7.87. The summed E-state index contributed by atoms with van der Waals surface area (Å²) in [4.78, 5) is 4.13. The second-order valence-electron chi connectivity index (χ2n) is 2.80. The van der Waals surface area contributed by atoms with E-state index in [4.69, 9.17) is 10.00 Å². The predicted molar refractivity (Wildman–Crippen MR) is 49.3 cm³/mol. The molecule has 1 aromatic heterocycles. The molecule has 0 radical (unpaired) electrons. The summed E-state index contributed by atoms with van der Waals surface area (Å²) >= 11 is 0. The van der Waals surface area contributed by atoms with Crippen molar-refractivity contribution in [1.82, 2.24) is 4.98 Å². The summed E-state index contributed by atoms with van der Waals surface area (Å²) in [6.07, 6.45) is 0.848. The van der Waals surface area contributed by atoms with Crippen LogP contribution in [0, 0.1) is 18.3 Å². The number of rotatable bonds is 3. The molecule has 0 aliphatic rings. The van der Waals surface area contributed by atoms with Crippen molar-refractivity contribution in [3.05, 3.63) is 29.1 Å². The van der Waals surface area contributed by atoms with Gasteiger partial charge in [0.15, 0.2) is 0 Å². The first-order valence-corrected chi connectivity index (χ1v) is 4.13. The number of hydrogen-bond donors (Lipinski definition) is 0. The van der Waals surface area contributed by atoms with E-state index in [1.165, 1.54) is 0 Å². The smallest absolute Gasteiger partial charge is 0.140 e. The fraction of sp³-hybridized carbons (Fsp3) is 0.400. The van der Waals surface area contributed by atoms with Gasteiger partial charge in [-0.15, -0.1) is 0 Å². The third-order valence-corrected chi connectivity index (χ3v) is 1.89. The Kier molecular flexibility index (Phi) is 3.41. The number of ether oxygens (including phenoxy) is 1. The highest BCUT2D eigenvalue weighted by Crippen LogP contribution is 2.07. The lowest BCUT2D eigenvalue weighted by molar-refractivity contribution is 0.202. The molecule has 0 aliphatic heterocycles.